The third kappa shape index (κ3) is 3.43. The van der Waals surface area contributed by atoms with E-state index in [1.807, 2.05) is 24.7 Å². The summed E-state index contributed by atoms with van der Waals surface area (Å²) >= 11 is 0. The summed E-state index contributed by atoms with van der Waals surface area (Å²) < 4.78 is 6.83. The number of aryl methyl sites for hydroxylation is 2. The quantitative estimate of drug-likeness (QED) is 0.248. The van der Waals surface area contributed by atoms with E-state index in [4.69, 9.17) is 9.40 Å². The van der Waals surface area contributed by atoms with Crippen molar-refractivity contribution in [3.63, 3.8) is 0 Å². The molecule has 0 aliphatic carbocycles. The predicted octanol–water partition coefficient (Wildman–Crippen LogP) is 9.46. The van der Waals surface area contributed by atoms with Crippen molar-refractivity contribution in [2.24, 2.45) is 0 Å². The van der Waals surface area contributed by atoms with E-state index in [1.54, 1.807) is 0 Å². The first-order valence-electron chi connectivity index (χ1n) is 12.9. The van der Waals surface area contributed by atoms with E-state index < -0.39 is 0 Å². The molecule has 0 saturated carbocycles. The molecule has 0 aliphatic rings. The standard InChI is InChI=1S/C35H26N2O/c1-21-12-13-29(33-23(3)22(2)18-26-14-16-36-20-30(26)33)35-32(21)28-11-7-10-27(34(28)38-35)31-19-25(15-17-37-31)24-8-5-4-6-9-24/h4-20H,1-3H3. The van der Waals surface area contributed by atoms with Crippen LogP contribution in [0.1, 0.15) is 16.7 Å². The lowest BCUT2D eigenvalue weighted by atomic mass is 9.90. The van der Waals surface area contributed by atoms with Crippen LogP contribution in [0.25, 0.3) is 66.2 Å². The van der Waals surface area contributed by atoms with Crippen molar-refractivity contribution in [1.29, 1.82) is 0 Å². The van der Waals surface area contributed by atoms with E-state index in [0.717, 1.165) is 49.7 Å². The average Bonchev–Trinajstić information content (AvgIpc) is 3.36. The van der Waals surface area contributed by atoms with Crippen molar-refractivity contribution in [3.05, 3.63) is 120 Å². The van der Waals surface area contributed by atoms with Gasteiger partial charge in [0.2, 0.25) is 0 Å². The molecule has 4 aromatic carbocycles. The van der Waals surface area contributed by atoms with E-state index in [9.17, 15) is 0 Å². The molecule has 0 radical (unpaired) electrons. The molecule has 0 amide bonds. The second-order valence-electron chi connectivity index (χ2n) is 10.0. The Morgan fingerprint density at radius 2 is 1.50 bits per heavy atom. The zero-order valence-corrected chi connectivity index (χ0v) is 21.6. The number of para-hydroxylation sites is 1. The topological polar surface area (TPSA) is 38.9 Å². The van der Waals surface area contributed by atoms with Crippen LogP contribution in [0.15, 0.2) is 108 Å². The molecule has 0 saturated heterocycles. The number of nitrogens with zero attached hydrogens (tertiary/aromatic N) is 2. The molecule has 0 unspecified atom stereocenters. The highest BCUT2D eigenvalue weighted by molar-refractivity contribution is 6.16. The first kappa shape index (κ1) is 22.4. The van der Waals surface area contributed by atoms with Crippen molar-refractivity contribution in [2.45, 2.75) is 20.8 Å². The lowest BCUT2D eigenvalue weighted by molar-refractivity contribution is 0.670. The van der Waals surface area contributed by atoms with Crippen LogP contribution in [0.3, 0.4) is 0 Å². The summed E-state index contributed by atoms with van der Waals surface area (Å²) in [4.78, 5) is 9.22. The van der Waals surface area contributed by atoms with Crippen LogP contribution >= 0.6 is 0 Å². The van der Waals surface area contributed by atoms with Gasteiger partial charge in [0, 0.05) is 45.9 Å². The highest BCUT2D eigenvalue weighted by Crippen LogP contribution is 2.44. The molecule has 38 heavy (non-hydrogen) atoms. The summed E-state index contributed by atoms with van der Waals surface area (Å²) in [5.74, 6) is 0. The Bertz CT molecular complexity index is 2000. The Morgan fingerprint density at radius 3 is 2.37 bits per heavy atom. The van der Waals surface area contributed by atoms with Crippen molar-refractivity contribution in [1.82, 2.24) is 9.97 Å². The zero-order chi connectivity index (χ0) is 25.8. The van der Waals surface area contributed by atoms with Crippen molar-refractivity contribution >= 4 is 32.7 Å². The summed E-state index contributed by atoms with van der Waals surface area (Å²) in [5, 5.41) is 4.58. The first-order valence-corrected chi connectivity index (χ1v) is 12.9. The minimum atomic E-state index is 0.864. The van der Waals surface area contributed by atoms with Gasteiger partial charge in [0.05, 0.1) is 5.69 Å². The van der Waals surface area contributed by atoms with Gasteiger partial charge in [-0.25, -0.2) is 0 Å². The molecule has 7 rings (SSSR count). The number of rotatable bonds is 3. The van der Waals surface area contributed by atoms with Gasteiger partial charge in [0.25, 0.3) is 0 Å². The maximum atomic E-state index is 6.83. The lowest BCUT2D eigenvalue weighted by Gasteiger charge is -2.14. The SMILES string of the molecule is Cc1cc2ccncc2c(-c2ccc(C)c3c2oc2c(-c4cc(-c5ccccc5)ccn4)cccc23)c1C. The van der Waals surface area contributed by atoms with E-state index in [2.05, 4.69) is 105 Å². The molecule has 3 aromatic heterocycles. The minimum Gasteiger partial charge on any atom is -0.455 e. The molecule has 3 heterocycles. The Hall–Kier alpha value is -4.76. The van der Waals surface area contributed by atoms with Gasteiger partial charge in [-0.05, 0) is 83.8 Å². The van der Waals surface area contributed by atoms with Gasteiger partial charge >= 0.3 is 0 Å². The van der Waals surface area contributed by atoms with Crippen LogP contribution in [0, 0.1) is 20.8 Å². The van der Waals surface area contributed by atoms with Gasteiger partial charge in [-0.1, -0.05) is 60.7 Å². The molecule has 0 fully saturated rings. The summed E-state index contributed by atoms with van der Waals surface area (Å²) in [6.45, 7) is 6.52. The Labute approximate surface area is 221 Å². The van der Waals surface area contributed by atoms with E-state index in [1.165, 1.54) is 33.2 Å². The van der Waals surface area contributed by atoms with Crippen molar-refractivity contribution in [3.8, 4) is 33.5 Å². The summed E-state index contributed by atoms with van der Waals surface area (Å²) in [6, 6.07) is 29.7. The number of furan rings is 1. The Morgan fingerprint density at radius 1 is 0.632 bits per heavy atom. The molecule has 0 atom stereocenters. The van der Waals surface area contributed by atoms with E-state index in [-0.39, 0.29) is 0 Å². The fourth-order valence-electron chi connectivity index (χ4n) is 5.68. The molecule has 3 heteroatoms. The van der Waals surface area contributed by atoms with Crippen molar-refractivity contribution in [2.75, 3.05) is 0 Å². The Balaban J connectivity index is 1.52. The van der Waals surface area contributed by atoms with Crippen LogP contribution in [-0.2, 0) is 0 Å². The third-order valence-electron chi connectivity index (χ3n) is 7.73. The van der Waals surface area contributed by atoms with Crippen LogP contribution in [-0.4, -0.2) is 9.97 Å². The number of pyridine rings is 2. The van der Waals surface area contributed by atoms with Gasteiger partial charge in [-0.3, -0.25) is 9.97 Å². The maximum absolute atomic E-state index is 6.83. The van der Waals surface area contributed by atoms with E-state index in [0.29, 0.717) is 0 Å². The fraction of sp³-hybridized carbons (Fsp3) is 0.0857. The summed E-state index contributed by atoms with van der Waals surface area (Å²) in [5.41, 5.74) is 11.9. The minimum absolute atomic E-state index is 0.864. The zero-order valence-electron chi connectivity index (χ0n) is 21.6. The number of benzene rings is 4. The molecule has 0 spiro atoms. The van der Waals surface area contributed by atoms with Gasteiger partial charge in [-0.2, -0.15) is 0 Å². The fourth-order valence-corrected chi connectivity index (χ4v) is 5.68. The number of fused-ring (bicyclic) bond motifs is 4. The molecule has 0 aliphatic heterocycles. The summed E-state index contributed by atoms with van der Waals surface area (Å²) in [6.07, 6.45) is 5.70. The van der Waals surface area contributed by atoms with Gasteiger partial charge < -0.3 is 4.42 Å². The number of aromatic nitrogens is 2. The average molecular weight is 491 g/mol. The largest absolute Gasteiger partial charge is 0.455 e. The predicted molar refractivity (Wildman–Crippen MR) is 157 cm³/mol. The highest BCUT2D eigenvalue weighted by Gasteiger charge is 2.20. The molecule has 0 N–H and O–H groups in total. The normalized spacial score (nSPS) is 11.6. The molecular weight excluding hydrogens is 464 g/mol. The molecule has 3 nitrogen and oxygen atoms in total. The number of hydrogen-bond donors (Lipinski definition) is 0. The van der Waals surface area contributed by atoms with Gasteiger partial charge in [-0.15, -0.1) is 0 Å². The lowest BCUT2D eigenvalue weighted by Crippen LogP contribution is -1.92. The second kappa shape index (κ2) is 8.67. The summed E-state index contributed by atoms with van der Waals surface area (Å²) in [7, 11) is 0. The van der Waals surface area contributed by atoms with Gasteiger partial charge in [0.15, 0.2) is 0 Å². The highest BCUT2D eigenvalue weighted by atomic mass is 16.3. The number of hydrogen-bond acceptors (Lipinski definition) is 3. The monoisotopic (exact) mass is 490 g/mol. The van der Waals surface area contributed by atoms with Crippen LogP contribution in [0.4, 0.5) is 0 Å². The molecule has 7 aromatic rings. The van der Waals surface area contributed by atoms with Gasteiger partial charge in [0.1, 0.15) is 11.2 Å². The van der Waals surface area contributed by atoms with Crippen LogP contribution < -0.4 is 0 Å². The molecule has 0 bridgehead atoms. The molecule has 182 valence electrons. The Kier molecular flexibility index (Phi) is 5.12. The second-order valence-corrected chi connectivity index (χ2v) is 10.0. The van der Waals surface area contributed by atoms with Crippen molar-refractivity contribution < 1.29 is 4.42 Å². The van der Waals surface area contributed by atoms with Crippen LogP contribution in [0.5, 0.6) is 0 Å². The van der Waals surface area contributed by atoms with Crippen LogP contribution in [0.2, 0.25) is 0 Å². The maximum Gasteiger partial charge on any atom is 0.144 e. The first-order chi connectivity index (χ1) is 18.6. The third-order valence-corrected chi connectivity index (χ3v) is 7.73. The van der Waals surface area contributed by atoms with E-state index >= 15 is 0 Å². The smallest absolute Gasteiger partial charge is 0.144 e. The molecular formula is C35H26N2O.